The van der Waals surface area contributed by atoms with Crippen LogP contribution in [0, 0.1) is 0 Å². The van der Waals surface area contributed by atoms with Gasteiger partial charge in [-0.1, -0.05) is 54.6 Å². The summed E-state index contributed by atoms with van der Waals surface area (Å²) in [4.78, 5) is 0. The van der Waals surface area contributed by atoms with Crippen molar-refractivity contribution in [3.05, 3.63) is 71.3 Å². The molecule has 2 heteroatoms. The first-order chi connectivity index (χ1) is 9.67. The first-order valence-electron chi connectivity index (χ1n) is 7.14. The second kappa shape index (κ2) is 5.39. The van der Waals surface area contributed by atoms with Crippen LogP contribution >= 0.6 is 0 Å². The van der Waals surface area contributed by atoms with Crippen LogP contribution in [0.2, 0.25) is 0 Å². The van der Waals surface area contributed by atoms with Gasteiger partial charge in [0.1, 0.15) is 0 Å². The third kappa shape index (κ3) is 2.62. The lowest BCUT2D eigenvalue weighted by atomic mass is 9.85. The van der Waals surface area contributed by atoms with Crippen molar-refractivity contribution in [2.45, 2.75) is 31.5 Å². The van der Waals surface area contributed by atoms with E-state index in [9.17, 15) is 5.11 Å². The van der Waals surface area contributed by atoms with Gasteiger partial charge in [-0.05, 0) is 30.0 Å². The van der Waals surface area contributed by atoms with Crippen LogP contribution in [-0.4, -0.2) is 11.7 Å². The number of aliphatic hydroxyl groups is 1. The number of benzene rings is 2. The van der Waals surface area contributed by atoms with E-state index in [1.807, 2.05) is 43.3 Å². The summed E-state index contributed by atoms with van der Waals surface area (Å²) in [5, 5.41) is 10.8. The molecule has 0 saturated heterocycles. The predicted octanol–water partition coefficient (Wildman–Crippen LogP) is 3.60. The highest BCUT2D eigenvalue weighted by Crippen LogP contribution is 2.37. The SMILES string of the molecule is CC(O)(CC1OCCc2ccccc21)c1ccccc1. The van der Waals surface area contributed by atoms with E-state index in [0.717, 1.165) is 18.6 Å². The summed E-state index contributed by atoms with van der Waals surface area (Å²) in [6.45, 7) is 2.59. The molecule has 3 rings (SSSR count). The summed E-state index contributed by atoms with van der Waals surface area (Å²) >= 11 is 0. The van der Waals surface area contributed by atoms with Crippen LogP contribution in [0.4, 0.5) is 0 Å². The number of hydrogen-bond donors (Lipinski definition) is 1. The summed E-state index contributed by atoms with van der Waals surface area (Å²) in [7, 11) is 0. The van der Waals surface area contributed by atoms with Gasteiger partial charge in [-0.3, -0.25) is 0 Å². The molecule has 0 amide bonds. The van der Waals surface area contributed by atoms with Gasteiger partial charge in [0, 0.05) is 6.42 Å². The van der Waals surface area contributed by atoms with Gasteiger partial charge in [-0.2, -0.15) is 0 Å². The van der Waals surface area contributed by atoms with Crippen molar-refractivity contribution < 1.29 is 9.84 Å². The molecule has 0 aliphatic carbocycles. The first-order valence-corrected chi connectivity index (χ1v) is 7.14. The molecule has 1 N–H and O–H groups in total. The lowest BCUT2D eigenvalue weighted by molar-refractivity contribution is -0.0398. The van der Waals surface area contributed by atoms with Crippen molar-refractivity contribution in [1.82, 2.24) is 0 Å². The minimum Gasteiger partial charge on any atom is -0.385 e. The molecule has 2 unspecified atom stereocenters. The molecule has 2 aromatic rings. The number of ether oxygens (including phenoxy) is 1. The largest absolute Gasteiger partial charge is 0.385 e. The van der Waals surface area contributed by atoms with Crippen molar-refractivity contribution in [1.29, 1.82) is 0 Å². The molecule has 0 saturated carbocycles. The third-order valence-electron chi connectivity index (χ3n) is 4.07. The van der Waals surface area contributed by atoms with E-state index < -0.39 is 5.60 Å². The Labute approximate surface area is 120 Å². The molecule has 2 atom stereocenters. The van der Waals surface area contributed by atoms with Crippen LogP contribution in [0.1, 0.15) is 36.1 Å². The molecule has 104 valence electrons. The summed E-state index contributed by atoms with van der Waals surface area (Å²) in [6.07, 6.45) is 1.50. The molecule has 2 nitrogen and oxygen atoms in total. The van der Waals surface area contributed by atoms with E-state index in [1.165, 1.54) is 11.1 Å². The molecule has 2 aromatic carbocycles. The fraction of sp³-hybridized carbons (Fsp3) is 0.333. The Balaban J connectivity index is 1.85. The molecule has 1 aliphatic heterocycles. The molecule has 0 fully saturated rings. The van der Waals surface area contributed by atoms with E-state index in [-0.39, 0.29) is 6.10 Å². The van der Waals surface area contributed by atoms with Gasteiger partial charge in [-0.25, -0.2) is 0 Å². The van der Waals surface area contributed by atoms with Gasteiger partial charge in [0.2, 0.25) is 0 Å². The van der Waals surface area contributed by atoms with Crippen LogP contribution in [0.25, 0.3) is 0 Å². The van der Waals surface area contributed by atoms with E-state index in [2.05, 4.69) is 18.2 Å². The number of rotatable bonds is 3. The molecule has 0 spiro atoms. The minimum absolute atomic E-state index is 0.0323. The van der Waals surface area contributed by atoms with Gasteiger partial charge < -0.3 is 9.84 Å². The maximum Gasteiger partial charge on any atom is 0.0896 e. The number of hydrogen-bond acceptors (Lipinski definition) is 2. The van der Waals surface area contributed by atoms with Crippen LogP contribution in [0.3, 0.4) is 0 Å². The van der Waals surface area contributed by atoms with E-state index in [0.29, 0.717) is 6.42 Å². The van der Waals surface area contributed by atoms with Crippen molar-refractivity contribution in [2.75, 3.05) is 6.61 Å². The summed E-state index contributed by atoms with van der Waals surface area (Å²) in [6, 6.07) is 18.2. The highest BCUT2D eigenvalue weighted by molar-refractivity contribution is 5.32. The molecular weight excluding hydrogens is 248 g/mol. The quantitative estimate of drug-likeness (QED) is 0.921. The topological polar surface area (TPSA) is 29.5 Å². The summed E-state index contributed by atoms with van der Waals surface area (Å²) < 4.78 is 5.90. The molecule has 0 aromatic heterocycles. The molecular formula is C18H20O2. The zero-order valence-electron chi connectivity index (χ0n) is 11.8. The second-order valence-electron chi connectivity index (χ2n) is 5.65. The van der Waals surface area contributed by atoms with E-state index >= 15 is 0 Å². The zero-order valence-corrected chi connectivity index (χ0v) is 11.8. The standard InChI is InChI=1S/C18H20O2/c1-18(19,15-8-3-2-4-9-15)13-17-16-10-6-5-7-14(16)11-12-20-17/h2-10,17,19H,11-13H2,1H3. The maximum absolute atomic E-state index is 10.8. The summed E-state index contributed by atoms with van der Waals surface area (Å²) in [5.74, 6) is 0. The monoisotopic (exact) mass is 268 g/mol. The van der Waals surface area contributed by atoms with Crippen molar-refractivity contribution in [3.63, 3.8) is 0 Å². The normalized spacial score (nSPS) is 21.0. The van der Waals surface area contributed by atoms with Gasteiger partial charge >= 0.3 is 0 Å². The lowest BCUT2D eigenvalue weighted by Gasteiger charge is -2.32. The maximum atomic E-state index is 10.8. The predicted molar refractivity (Wildman–Crippen MR) is 79.5 cm³/mol. The van der Waals surface area contributed by atoms with E-state index in [1.54, 1.807) is 0 Å². The van der Waals surface area contributed by atoms with Crippen LogP contribution < -0.4 is 0 Å². The zero-order chi connectivity index (χ0) is 14.0. The van der Waals surface area contributed by atoms with Gasteiger partial charge in [0.05, 0.1) is 18.3 Å². The fourth-order valence-electron chi connectivity index (χ4n) is 2.92. The molecule has 20 heavy (non-hydrogen) atoms. The van der Waals surface area contributed by atoms with Gasteiger partial charge in [0.15, 0.2) is 0 Å². The summed E-state index contributed by atoms with van der Waals surface area (Å²) in [5.41, 5.74) is 2.62. The Morgan fingerprint density at radius 3 is 2.60 bits per heavy atom. The van der Waals surface area contributed by atoms with Crippen LogP contribution in [0.5, 0.6) is 0 Å². The Kier molecular flexibility index (Phi) is 3.60. The van der Waals surface area contributed by atoms with Crippen molar-refractivity contribution >= 4 is 0 Å². The highest BCUT2D eigenvalue weighted by Gasteiger charge is 2.31. The Bertz CT molecular complexity index is 575. The van der Waals surface area contributed by atoms with Crippen molar-refractivity contribution in [2.24, 2.45) is 0 Å². The van der Waals surface area contributed by atoms with E-state index in [4.69, 9.17) is 4.74 Å². The lowest BCUT2D eigenvalue weighted by Crippen LogP contribution is -2.28. The van der Waals surface area contributed by atoms with Gasteiger partial charge in [-0.15, -0.1) is 0 Å². The molecule has 1 heterocycles. The fourth-order valence-corrected chi connectivity index (χ4v) is 2.92. The average Bonchev–Trinajstić information content (AvgIpc) is 2.48. The smallest absolute Gasteiger partial charge is 0.0896 e. The Hall–Kier alpha value is -1.64. The second-order valence-corrected chi connectivity index (χ2v) is 5.65. The first kappa shape index (κ1) is 13.3. The molecule has 1 aliphatic rings. The number of fused-ring (bicyclic) bond motifs is 1. The molecule has 0 radical (unpaired) electrons. The highest BCUT2D eigenvalue weighted by atomic mass is 16.5. The average molecular weight is 268 g/mol. The van der Waals surface area contributed by atoms with Crippen LogP contribution in [0.15, 0.2) is 54.6 Å². The Morgan fingerprint density at radius 1 is 1.10 bits per heavy atom. The van der Waals surface area contributed by atoms with Crippen molar-refractivity contribution in [3.8, 4) is 0 Å². The third-order valence-corrected chi connectivity index (χ3v) is 4.07. The van der Waals surface area contributed by atoms with Gasteiger partial charge in [0.25, 0.3) is 0 Å². The molecule has 0 bridgehead atoms. The minimum atomic E-state index is -0.879. The Morgan fingerprint density at radius 2 is 1.80 bits per heavy atom. The van der Waals surface area contributed by atoms with Crippen LogP contribution in [-0.2, 0) is 16.8 Å².